The molecule has 0 saturated heterocycles. The van der Waals surface area contributed by atoms with Crippen molar-refractivity contribution in [3.05, 3.63) is 59.7 Å². The Morgan fingerprint density at radius 3 is 2.14 bits per heavy atom. The van der Waals surface area contributed by atoms with E-state index in [1.807, 2.05) is 19.2 Å². The van der Waals surface area contributed by atoms with E-state index >= 15 is 0 Å². The quantitative estimate of drug-likeness (QED) is 0.493. The van der Waals surface area contributed by atoms with E-state index in [2.05, 4.69) is 9.62 Å². The van der Waals surface area contributed by atoms with E-state index in [9.17, 15) is 12.6 Å². The van der Waals surface area contributed by atoms with E-state index in [-0.39, 0.29) is 5.75 Å². The maximum atomic E-state index is 11.2. The zero-order chi connectivity index (χ0) is 21.5. The van der Waals surface area contributed by atoms with Crippen LogP contribution in [0.25, 0.3) is 0 Å². The van der Waals surface area contributed by atoms with Crippen molar-refractivity contribution in [1.29, 1.82) is 4.78 Å². The van der Waals surface area contributed by atoms with Gasteiger partial charge in [-0.25, -0.2) is 17.4 Å². The molecule has 1 unspecified atom stereocenters. The molecule has 160 valence electrons. The van der Waals surface area contributed by atoms with Crippen molar-refractivity contribution < 1.29 is 21.9 Å². The van der Waals surface area contributed by atoms with Crippen LogP contribution in [-0.4, -0.2) is 55.1 Å². The van der Waals surface area contributed by atoms with E-state index in [0.717, 1.165) is 31.3 Å². The summed E-state index contributed by atoms with van der Waals surface area (Å²) in [6.45, 7) is 2.06. The lowest BCUT2D eigenvalue weighted by Crippen LogP contribution is -2.26. The summed E-state index contributed by atoms with van der Waals surface area (Å²) in [6.07, 6.45) is 1.93. The number of benzene rings is 2. The second-order valence-corrected chi connectivity index (χ2v) is 10.2. The summed E-state index contributed by atoms with van der Waals surface area (Å²) in [5.74, 6) is 0.512. The van der Waals surface area contributed by atoms with Gasteiger partial charge in [0.25, 0.3) is 0 Å². The summed E-state index contributed by atoms with van der Waals surface area (Å²) in [5.41, 5.74) is 2.28. The van der Waals surface area contributed by atoms with Gasteiger partial charge < -0.3 is 14.2 Å². The number of anilines is 1. The first kappa shape index (κ1) is 23.1. The molecule has 0 bridgehead atoms. The van der Waals surface area contributed by atoms with E-state index < -0.39 is 20.0 Å². The predicted octanol–water partition coefficient (Wildman–Crippen LogP) is 2.63. The van der Waals surface area contributed by atoms with E-state index in [0.29, 0.717) is 23.6 Å². The topological polar surface area (TPSA) is 120 Å². The summed E-state index contributed by atoms with van der Waals surface area (Å²) in [6, 6.07) is 14.1. The van der Waals surface area contributed by atoms with Crippen LogP contribution in [0.4, 0.5) is 5.69 Å². The molecule has 2 aromatic rings. The SMILES string of the molecule is CN(CCOc1ccc(NS(C)(=O)=O)cc1)CCc1ccc(CS(=N)(=O)O)cc1. The van der Waals surface area contributed by atoms with Crippen molar-refractivity contribution in [1.82, 2.24) is 4.90 Å². The van der Waals surface area contributed by atoms with Gasteiger partial charge in [-0.3, -0.25) is 4.72 Å². The van der Waals surface area contributed by atoms with Crippen molar-refractivity contribution in [3.63, 3.8) is 0 Å². The average molecular weight is 442 g/mol. The minimum absolute atomic E-state index is 0.157. The number of nitrogens with one attached hydrogen (secondary N) is 2. The average Bonchev–Trinajstić information content (AvgIpc) is 2.60. The second-order valence-electron chi connectivity index (χ2n) is 6.90. The highest BCUT2D eigenvalue weighted by molar-refractivity contribution is 7.92. The van der Waals surface area contributed by atoms with Gasteiger partial charge in [-0.2, -0.15) is 0 Å². The second kappa shape index (κ2) is 10.1. The fourth-order valence-electron chi connectivity index (χ4n) is 2.61. The van der Waals surface area contributed by atoms with Crippen molar-refractivity contribution in [3.8, 4) is 5.75 Å². The number of sulfonamides is 1. The van der Waals surface area contributed by atoms with E-state index in [1.54, 1.807) is 36.4 Å². The van der Waals surface area contributed by atoms with Gasteiger partial charge in [-0.1, -0.05) is 24.3 Å². The molecule has 0 amide bonds. The minimum Gasteiger partial charge on any atom is -0.492 e. The van der Waals surface area contributed by atoms with E-state index in [4.69, 9.17) is 14.1 Å². The van der Waals surface area contributed by atoms with Crippen molar-refractivity contribution >= 4 is 25.7 Å². The molecule has 0 fully saturated rings. The van der Waals surface area contributed by atoms with E-state index in [1.165, 1.54) is 0 Å². The largest absolute Gasteiger partial charge is 0.492 e. The maximum Gasteiger partial charge on any atom is 0.229 e. The molecule has 0 aliphatic carbocycles. The van der Waals surface area contributed by atoms with Crippen molar-refractivity contribution in [2.24, 2.45) is 0 Å². The third-order valence-corrected chi connectivity index (χ3v) is 5.40. The molecule has 0 spiro atoms. The molecular weight excluding hydrogens is 414 g/mol. The van der Waals surface area contributed by atoms with Crippen LogP contribution < -0.4 is 9.46 Å². The Labute approximate surface area is 172 Å². The van der Waals surface area contributed by atoms with Crippen LogP contribution in [0.2, 0.25) is 0 Å². The third-order valence-electron chi connectivity index (χ3n) is 4.07. The van der Waals surface area contributed by atoms with Gasteiger partial charge in [-0.05, 0) is 48.9 Å². The molecule has 0 aromatic heterocycles. The number of nitrogens with zero attached hydrogens (tertiary/aromatic N) is 1. The fourth-order valence-corrected chi connectivity index (χ4v) is 3.82. The van der Waals surface area contributed by atoms with Gasteiger partial charge >= 0.3 is 0 Å². The summed E-state index contributed by atoms with van der Waals surface area (Å²) in [5, 5.41) is 0. The van der Waals surface area contributed by atoms with Gasteiger partial charge in [0.2, 0.25) is 10.0 Å². The summed E-state index contributed by atoms with van der Waals surface area (Å²) in [7, 11) is -4.80. The summed E-state index contributed by atoms with van der Waals surface area (Å²) < 4.78 is 57.7. The molecule has 3 N–H and O–H groups in total. The van der Waals surface area contributed by atoms with Crippen LogP contribution in [0.15, 0.2) is 48.5 Å². The number of hydrogen-bond acceptors (Lipinski definition) is 6. The van der Waals surface area contributed by atoms with Gasteiger partial charge in [0.1, 0.15) is 12.4 Å². The third kappa shape index (κ3) is 9.75. The van der Waals surface area contributed by atoms with Crippen molar-refractivity contribution in [2.75, 3.05) is 37.7 Å². The highest BCUT2D eigenvalue weighted by Gasteiger charge is 2.05. The lowest BCUT2D eigenvalue weighted by Gasteiger charge is -2.17. The molecular formula is C19H27N3O5S2. The lowest BCUT2D eigenvalue weighted by atomic mass is 10.1. The number of hydrogen-bond donors (Lipinski definition) is 3. The number of ether oxygens (including phenoxy) is 1. The Balaban J connectivity index is 1.71. The monoisotopic (exact) mass is 441 g/mol. The lowest BCUT2D eigenvalue weighted by molar-refractivity contribution is 0.239. The molecule has 2 aromatic carbocycles. The first-order valence-corrected chi connectivity index (χ1v) is 12.5. The molecule has 0 aliphatic heterocycles. The molecule has 0 heterocycles. The van der Waals surface area contributed by atoms with Crippen LogP contribution in [0.5, 0.6) is 5.75 Å². The molecule has 2 rings (SSSR count). The zero-order valence-electron chi connectivity index (χ0n) is 16.5. The van der Waals surface area contributed by atoms with Crippen molar-refractivity contribution in [2.45, 2.75) is 12.2 Å². The van der Waals surface area contributed by atoms with Crippen LogP contribution >= 0.6 is 0 Å². The molecule has 8 nitrogen and oxygen atoms in total. The van der Waals surface area contributed by atoms with Crippen LogP contribution in [0.1, 0.15) is 11.1 Å². The Morgan fingerprint density at radius 2 is 1.59 bits per heavy atom. The Kier molecular flexibility index (Phi) is 8.03. The minimum atomic E-state index is -3.51. The standard InChI is InChI=1S/C19H27N3O5S2/c1-22(12-11-16-3-5-17(6-4-16)15-29(20,25)26)13-14-27-19-9-7-18(8-10-19)21-28(2,23)24/h3-10,21H,11-15H2,1-2H3,(H2,20,25,26). The number of rotatable bonds is 11. The normalized spacial score (nSPS) is 13.8. The van der Waals surface area contributed by atoms with Gasteiger partial charge in [0.05, 0.1) is 12.0 Å². The van der Waals surface area contributed by atoms with Gasteiger partial charge in [0.15, 0.2) is 10.0 Å². The Hall–Kier alpha value is -2.14. The van der Waals surface area contributed by atoms with Gasteiger partial charge in [0, 0.05) is 18.8 Å². The molecule has 0 saturated carbocycles. The molecule has 29 heavy (non-hydrogen) atoms. The summed E-state index contributed by atoms with van der Waals surface area (Å²) >= 11 is 0. The van der Waals surface area contributed by atoms with Gasteiger partial charge in [-0.15, -0.1) is 0 Å². The first-order valence-electron chi connectivity index (χ1n) is 8.96. The van der Waals surface area contributed by atoms with Crippen LogP contribution in [-0.2, 0) is 32.2 Å². The summed E-state index contributed by atoms with van der Waals surface area (Å²) in [4.78, 5) is 2.14. The first-order chi connectivity index (χ1) is 13.5. The van der Waals surface area contributed by atoms with Crippen LogP contribution in [0, 0.1) is 4.78 Å². The van der Waals surface area contributed by atoms with Crippen LogP contribution in [0.3, 0.4) is 0 Å². The predicted molar refractivity (Wildman–Crippen MR) is 115 cm³/mol. The molecule has 0 radical (unpaired) electrons. The fraction of sp³-hybridized carbons (Fsp3) is 0.368. The smallest absolute Gasteiger partial charge is 0.229 e. The Morgan fingerprint density at radius 1 is 1.00 bits per heavy atom. The number of likely N-dealkylation sites (N-methyl/N-ethyl adjacent to an activating group) is 1. The highest BCUT2D eigenvalue weighted by Crippen LogP contribution is 2.16. The molecule has 10 heteroatoms. The molecule has 1 atom stereocenters. The Bertz CT molecular complexity index is 989. The highest BCUT2D eigenvalue weighted by atomic mass is 32.2. The maximum absolute atomic E-state index is 11.2. The zero-order valence-corrected chi connectivity index (χ0v) is 18.1. The molecule has 0 aliphatic rings.